The van der Waals surface area contributed by atoms with Crippen LogP contribution in [0.4, 0.5) is 4.79 Å². The van der Waals surface area contributed by atoms with Gasteiger partial charge in [0.25, 0.3) is 0 Å². The molecule has 0 aromatic carbocycles. The molecule has 0 saturated carbocycles. The molecule has 2 saturated heterocycles. The summed E-state index contributed by atoms with van der Waals surface area (Å²) in [5.74, 6) is 0. The maximum absolute atomic E-state index is 11.7. The van der Waals surface area contributed by atoms with E-state index in [0.717, 1.165) is 25.9 Å². The Bertz CT molecular complexity index is 263. The Balaban J connectivity index is 1.43. The molecule has 1 N–H and O–H groups in total. The molecule has 2 aliphatic rings. The Kier molecular flexibility index (Phi) is 6.39. The number of morpholine rings is 1. The minimum atomic E-state index is 0.00225. The number of nitrogens with zero attached hydrogens (tertiary/aromatic N) is 1. The molecule has 0 bridgehead atoms. The van der Waals surface area contributed by atoms with Crippen LogP contribution >= 0.6 is 0 Å². The number of carbonyl (C=O) groups excluding carboxylic acids is 1. The van der Waals surface area contributed by atoms with Gasteiger partial charge in [0.2, 0.25) is 0 Å². The second kappa shape index (κ2) is 8.35. The largest absolute Gasteiger partial charge is 0.379 e. The smallest absolute Gasteiger partial charge is 0.317 e. The van der Waals surface area contributed by atoms with Crippen LogP contribution in [0.5, 0.6) is 0 Å². The van der Waals surface area contributed by atoms with Gasteiger partial charge in [0, 0.05) is 32.8 Å². The molecule has 2 rings (SSSR count). The zero-order valence-electron chi connectivity index (χ0n) is 11.4. The summed E-state index contributed by atoms with van der Waals surface area (Å²) < 4.78 is 16.2. The molecule has 1 unspecified atom stereocenters. The minimum absolute atomic E-state index is 0.00225. The molecule has 6 heteroatoms. The van der Waals surface area contributed by atoms with Crippen LogP contribution in [-0.2, 0) is 14.2 Å². The Morgan fingerprint density at radius 1 is 1.32 bits per heavy atom. The summed E-state index contributed by atoms with van der Waals surface area (Å²) in [6.07, 6.45) is 3.36. The van der Waals surface area contributed by atoms with Crippen LogP contribution in [0.25, 0.3) is 0 Å². The van der Waals surface area contributed by atoms with Crippen molar-refractivity contribution in [2.24, 2.45) is 0 Å². The molecule has 0 aliphatic carbocycles. The summed E-state index contributed by atoms with van der Waals surface area (Å²) in [5, 5.41) is 2.90. The fraction of sp³-hybridized carbons (Fsp3) is 0.923. The van der Waals surface area contributed by atoms with Gasteiger partial charge in [-0.15, -0.1) is 0 Å². The number of carbonyl (C=O) groups is 1. The van der Waals surface area contributed by atoms with E-state index in [2.05, 4.69) is 5.32 Å². The third-order valence-corrected chi connectivity index (χ3v) is 3.37. The maximum Gasteiger partial charge on any atom is 0.317 e. The van der Waals surface area contributed by atoms with Gasteiger partial charge in [-0.2, -0.15) is 0 Å². The monoisotopic (exact) mass is 272 g/mol. The molecular weight excluding hydrogens is 248 g/mol. The number of hydrogen-bond donors (Lipinski definition) is 1. The molecule has 2 aliphatic heterocycles. The molecule has 110 valence electrons. The lowest BCUT2D eigenvalue weighted by Crippen LogP contribution is -2.46. The van der Waals surface area contributed by atoms with Crippen LogP contribution < -0.4 is 5.32 Å². The number of amides is 2. The fourth-order valence-electron chi connectivity index (χ4n) is 2.24. The fourth-order valence-corrected chi connectivity index (χ4v) is 2.24. The van der Waals surface area contributed by atoms with E-state index in [0.29, 0.717) is 46.1 Å². The summed E-state index contributed by atoms with van der Waals surface area (Å²) >= 11 is 0. The Morgan fingerprint density at radius 2 is 2.16 bits per heavy atom. The highest BCUT2D eigenvalue weighted by Gasteiger charge is 2.16. The van der Waals surface area contributed by atoms with Crippen LogP contribution in [-0.4, -0.2) is 69.7 Å². The van der Waals surface area contributed by atoms with Crippen LogP contribution in [0.2, 0.25) is 0 Å². The van der Waals surface area contributed by atoms with Crippen molar-refractivity contribution in [3.05, 3.63) is 0 Å². The van der Waals surface area contributed by atoms with Crippen molar-refractivity contribution in [1.82, 2.24) is 10.2 Å². The molecule has 6 nitrogen and oxygen atoms in total. The van der Waals surface area contributed by atoms with Crippen molar-refractivity contribution >= 4 is 6.03 Å². The van der Waals surface area contributed by atoms with Crippen molar-refractivity contribution in [2.75, 3.05) is 52.7 Å². The molecule has 0 aromatic rings. The van der Waals surface area contributed by atoms with Crippen LogP contribution in [0, 0.1) is 0 Å². The number of urea groups is 1. The van der Waals surface area contributed by atoms with E-state index in [9.17, 15) is 4.79 Å². The maximum atomic E-state index is 11.7. The van der Waals surface area contributed by atoms with E-state index in [1.54, 1.807) is 4.90 Å². The number of hydrogen-bond acceptors (Lipinski definition) is 4. The second-order valence-electron chi connectivity index (χ2n) is 4.89. The summed E-state index contributed by atoms with van der Waals surface area (Å²) in [4.78, 5) is 13.5. The first-order valence-electron chi connectivity index (χ1n) is 7.16. The van der Waals surface area contributed by atoms with Gasteiger partial charge in [0.15, 0.2) is 0 Å². The molecule has 19 heavy (non-hydrogen) atoms. The van der Waals surface area contributed by atoms with E-state index < -0.39 is 0 Å². The van der Waals surface area contributed by atoms with Gasteiger partial charge in [-0.25, -0.2) is 4.79 Å². The first kappa shape index (κ1) is 14.6. The lowest BCUT2D eigenvalue weighted by Gasteiger charge is -2.26. The highest BCUT2D eigenvalue weighted by atomic mass is 16.5. The highest BCUT2D eigenvalue weighted by molar-refractivity contribution is 5.74. The lowest BCUT2D eigenvalue weighted by atomic mass is 10.2. The van der Waals surface area contributed by atoms with E-state index in [-0.39, 0.29) is 12.1 Å². The van der Waals surface area contributed by atoms with Crippen LogP contribution in [0.1, 0.15) is 19.3 Å². The van der Waals surface area contributed by atoms with Gasteiger partial charge >= 0.3 is 6.03 Å². The number of rotatable bonds is 6. The first-order valence-corrected chi connectivity index (χ1v) is 7.16. The zero-order chi connectivity index (χ0) is 13.3. The van der Waals surface area contributed by atoms with E-state index in [1.807, 2.05) is 0 Å². The van der Waals surface area contributed by atoms with Gasteiger partial charge < -0.3 is 24.4 Å². The molecule has 0 radical (unpaired) electrons. The first-order chi connectivity index (χ1) is 9.36. The van der Waals surface area contributed by atoms with E-state index in [1.165, 1.54) is 0 Å². The highest BCUT2D eigenvalue weighted by Crippen LogP contribution is 2.11. The zero-order valence-corrected chi connectivity index (χ0v) is 11.4. The molecule has 2 fully saturated rings. The normalized spacial score (nSPS) is 23.6. The third-order valence-electron chi connectivity index (χ3n) is 3.37. The quantitative estimate of drug-likeness (QED) is 0.720. The number of nitrogens with one attached hydrogen (secondary N) is 1. The molecule has 2 amide bonds. The molecular formula is C13H24N2O4. The SMILES string of the molecule is O=C(NCCCOCC1CCCO1)N1CCOCC1. The van der Waals surface area contributed by atoms with Crippen LogP contribution in [0.3, 0.4) is 0 Å². The average molecular weight is 272 g/mol. The summed E-state index contributed by atoms with van der Waals surface area (Å²) in [5.41, 5.74) is 0. The van der Waals surface area contributed by atoms with E-state index in [4.69, 9.17) is 14.2 Å². The van der Waals surface area contributed by atoms with Crippen molar-refractivity contribution in [3.63, 3.8) is 0 Å². The van der Waals surface area contributed by atoms with Crippen molar-refractivity contribution in [2.45, 2.75) is 25.4 Å². The number of ether oxygens (including phenoxy) is 3. The Labute approximate surface area is 114 Å². The topological polar surface area (TPSA) is 60.0 Å². The van der Waals surface area contributed by atoms with Gasteiger partial charge in [-0.1, -0.05) is 0 Å². The van der Waals surface area contributed by atoms with Crippen molar-refractivity contribution < 1.29 is 19.0 Å². The minimum Gasteiger partial charge on any atom is -0.379 e. The third kappa shape index (κ3) is 5.34. The average Bonchev–Trinajstić information content (AvgIpc) is 2.96. The molecule has 0 spiro atoms. The van der Waals surface area contributed by atoms with Gasteiger partial charge in [-0.3, -0.25) is 0 Å². The molecule has 2 heterocycles. The standard InChI is InChI=1S/C13H24N2O4/c16-13(15-5-9-17-10-6-15)14-4-2-7-18-11-12-3-1-8-19-12/h12H,1-11H2,(H,14,16). The summed E-state index contributed by atoms with van der Waals surface area (Å²) in [6.45, 7) is 5.50. The predicted octanol–water partition coefficient (Wildman–Crippen LogP) is 0.614. The second-order valence-corrected chi connectivity index (χ2v) is 4.89. The van der Waals surface area contributed by atoms with E-state index >= 15 is 0 Å². The summed E-state index contributed by atoms with van der Waals surface area (Å²) in [6, 6.07) is 0.00225. The van der Waals surface area contributed by atoms with Gasteiger partial charge in [0.05, 0.1) is 25.9 Å². The Morgan fingerprint density at radius 3 is 2.89 bits per heavy atom. The molecule has 1 atom stereocenters. The Hall–Kier alpha value is -0.850. The molecule has 0 aromatic heterocycles. The van der Waals surface area contributed by atoms with Gasteiger partial charge in [-0.05, 0) is 19.3 Å². The van der Waals surface area contributed by atoms with Gasteiger partial charge in [0.1, 0.15) is 0 Å². The van der Waals surface area contributed by atoms with Crippen molar-refractivity contribution in [3.8, 4) is 0 Å². The van der Waals surface area contributed by atoms with Crippen molar-refractivity contribution in [1.29, 1.82) is 0 Å². The lowest BCUT2D eigenvalue weighted by molar-refractivity contribution is 0.0165. The predicted molar refractivity (Wildman–Crippen MR) is 70.2 cm³/mol. The summed E-state index contributed by atoms with van der Waals surface area (Å²) in [7, 11) is 0. The van der Waals surface area contributed by atoms with Crippen LogP contribution in [0.15, 0.2) is 0 Å².